The van der Waals surface area contributed by atoms with Crippen molar-refractivity contribution in [2.45, 2.75) is 26.2 Å². The van der Waals surface area contributed by atoms with E-state index in [1.54, 1.807) is 7.11 Å². The van der Waals surface area contributed by atoms with Crippen LogP contribution in [0.15, 0.2) is 29.6 Å². The predicted molar refractivity (Wildman–Crippen MR) is 101 cm³/mol. The molecule has 0 spiro atoms. The van der Waals surface area contributed by atoms with Crippen molar-refractivity contribution in [1.82, 2.24) is 14.6 Å². The van der Waals surface area contributed by atoms with Gasteiger partial charge >= 0.3 is 0 Å². The Labute approximate surface area is 154 Å². The second-order valence-corrected chi connectivity index (χ2v) is 8.03. The molecule has 2 heterocycles. The maximum Gasteiger partial charge on any atom is 0.271 e. The van der Waals surface area contributed by atoms with Crippen molar-refractivity contribution in [1.29, 1.82) is 0 Å². The van der Waals surface area contributed by atoms with Gasteiger partial charge in [-0.15, -0.1) is 16.4 Å². The van der Waals surface area contributed by atoms with Gasteiger partial charge in [0, 0.05) is 16.4 Å². The van der Waals surface area contributed by atoms with E-state index in [0.717, 1.165) is 28.5 Å². The summed E-state index contributed by atoms with van der Waals surface area (Å²) < 4.78 is 9.08. The largest absolute Gasteiger partial charge is 0.497 e. The minimum absolute atomic E-state index is 0.0558. The molecular weight excluding hydrogens is 356 g/mol. The van der Waals surface area contributed by atoms with Gasteiger partial charge in [-0.25, -0.2) is 4.98 Å². The smallest absolute Gasteiger partial charge is 0.271 e. The molecule has 3 rings (SSSR count). The molecule has 0 saturated carbocycles. The Kier molecular flexibility index (Phi) is 4.82. The van der Waals surface area contributed by atoms with Crippen LogP contribution in [0, 0.1) is 0 Å². The normalized spacial score (nSPS) is 11.4. The van der Waals surface area contributed by atoms with Gasteiger partial charge in [0.05, 0.1) is 12.8 Å². The molecule has 3 aromatic rings. The standard InChI is InChI=1S/C17H18N4O2S2/c1-17(2,3)12-9-24-16(18-12)19-15(22)14-13(20-21-25-14)10-5-7-11(23-4)8-6-10/h5-9H,1-4H3,(H,18,19,22). The van der Waals surface area contributed by atoms with Crippen LogP contribution in [0.25, 0.3) is 11.3 Å². The second kappa shape index (κ2) is 6.89. The van der Waals surface area contributed by atoms with Gasteiger partial charge < -0.3 is 4.74 Å². The van der Waals surface area contributed by atoms with Gasteiger partial charge in [0.15, 0.2) is 5.13 Å². The molecule has 0 saturated heterocycles. The number of anilines is 1. The zero-order chi connectivity index (χ0) is 18.0. The highest BCUT2D eigenvalue weighted by molar-refractivity contribution is 7.14. The van der Waals surface area contributed by atoms with E-state index in [1.807, 2.05) is 29.6 Å². The summed E-state index contributed by atoms with van der Waals surface area (Å²) in [5.41, 5.74) is 2.26. The predicted octanol–water partition coefficient (Wildman–Crippen LogP) is 4.22. The van der Waals surface area contributed by atoms with Gasteiger partial charge in [0.2, 0.25) is 0 Å². The quantitative estimate of drug-likeness (QED) is 0.740. The van der Waals surface area contributed by atoms with Crippen LogP contribution in [0.3, 0.4) is 0 Å². The van der Waals surface area contributed by atoms with Crippen LogP contribution in [0.2, 0.25) is 0 Å². The van der Waals surface area contributed by atoms with Crippen molar-refractivity contribution >= 4 is 33.9 Å². The Balaban J connectivity index is 1.81. The summed E-state index contributed by atoms with van der Waals surface area (Å²) in [4.78, 5) is 17.6. The van der Waals surface area contributed by atoms with Crippen molar-refractivity contribution < 1.29 is 9.53 Å². The fourth-order valence-corrected chi connectivity index (χ4v) is 3.62. The van der Waals surface area contributed by atoms with Crippen molar-refractivity contribution in [2.24, 2.45) is 0 Å². The van der Waals surface area contributed by atoms with Crippen LogP contribution in [-0.4, -0.2) is 27.6 Å². The lowest BCUT2D eigenvalue weighted by Gasteiger charge is -2.14. The first-order valence-corrected chi connectivity index (χ1v) is 9.28. The summed E-state index contributed by atoms with van der Waals surface area (Å²) in [6, 6.07) is 7.36. The number of amides is 1. The summed E-state index contributed by atoms with van der Waals surface area (Å²) in [6.45, 7) is 6.26. The molecule has 8 heteroatoms. The summed E-state index contributed by atoms with van der Waals surface area (Å²) in [7, 11) is 1.61. The maximum atomic E-state index is 12.6. The molecular formula is C17H18N4O2S2. The average molecular weight is 374 g/mol. The molecule has 130 valence electrons. The van der Waals surface area contributed by atoms with Gasteiger partial charge in [-0.1, -0.05) is 25.3 Å². The molecule has 0 atom stereocenters. The number of rotatable bonds is 4. The molecule has 1 N–H and O–H groups in total. The minimum atomic E-state index is -0.254. The van der Waals surface area contributed by atoms with Gasteiger partial charge in [-0.2, -0.15) is 0 Å². The van der Waals surface area contributed by atoms with Crippen LogP contribution >= 0.6 is 22.9 Å². The first-order chi connectivity index (χ1) is 11.9. The Bertz CT molecular complexity index is 879. The fraction of sp³-hybridized carbons (Fsp3) is 0.294. The van der Waals surface area contributed by atoms with E-state index in [0.29, 0.717) is 15.7 Å². The first kappa shape index (κ1) is 17.5. The monoisotopic (exact) mass is 374 g/mol. The lowest BCUT2D eigenvalue weighted by atomic mass is 9.93. The molecule has 25 heavy (non-hydrogen) atoms. The third-order valence-electron chi connectivity index (χ3n) is 3.55. The minimum Gasteiger partial charge on any atom is -0.497 e. The topological polar surface area (TPSA) is 77.0 Å². The van der Waals surface area contributed by atoms with E-state index in [2.05, 4.69) is 40.7 Å². The fourth-order valence-electron chi connectivity index (χ4n) is 2.11. The lowest BCUT2D eigenvalue weighted by Crippen LogP contribution is -2.14. The van der Waals surface area contributed by atoms with Crippen molar-refractivity contribution in [3.05, 3.63) is 40.2 Å². The lowest BCUT2D eigenvalue weighted by molar-refractivity contribution is 0.103. The molecule has 0 unspecified atom stereocenters. The number of benzene rings is 1. The molecule has 0 bridgehead atoms. The Hall–Kier alpha value is -2.32. The van der Waals surface area contributed by atoms with Crippen LogP contribution < -0.4 is 10.1 Å². The van der Waals surface area contributed by atoms with Crippen LogP contribution in [0.4, 0.5) is 5.13 Å². The van der Waals surface area contributed by atoms with E-state index >= 15 is 0 Å². The number of carbonyl (C=O) groups is 1. The summed E-state index contributed by atoms with van der Waals surface area (Å²) in [6.07, 6.45) is 0. The number of ether oxygens (including phenoxy) is 1. The molecule has 0 aliphatic rings. The van der Waals surface area contributed by atoms with Gasteiger partial charge in [0.25, 0.3) is 5.91 Å². The number of aromatic nitrogens is 3. The van der Waals surface area contributed by atoms with E-state index in [-0.39, 0.29) is 11.3 Å². The van der Waals surface area contributed by atoms with Crippen molar-refractivity contribution in [3.8, 4) is 17.0 Å². The highest BCUT2D eigenvalue weighted by Gasteiger charge is 2.21. The Morgan fingerprint density at radius 1 is 1.20 bits per heavy atom. The number of thiazole rings is 1. The number of nitrogens with one attached hydrogen (secondary N) is 1. The molecule has 2 aromatic heterocycles. The van der Waals surface area contributed by atoms with E-state index in [1.165, 1.54) is 11.3 Å². The molecule has 0 radical (unpaired) electrons. The highest BCUT2D eigenvalue weighted by Crippen LogP contribution is 2.29. The number of carbonyl (C=O) groups excluding carboxylic acids is 1. The van der Waals surface area contributed by atoms with E-state index in [4.69, 9.17) is 4.74 Å². The Morgan fingerprint density at radius 2 is 1.92 bits per heavy atom. The third-order valence-corrected chi connectivity index (χ3v) is 5.03. The molecule has 0 aliphatic heterocycles. The first-order valence-electron chi connectivity index (χ1n) is 7.62. The SMILES string of the molecule is COc1ccc(-c2nnsc2C(=O)Nc2nc(C(C)(C)C)cs2)cc1. The molecule has 1 aromatic carbocycles. The van der Waals surface area contributed by atoms with Crippen LogP contribution in [0.1, 0.15) is 36.1 Å². The number of hydrogen-bond donors (Lipinski definition) is 1. The zero-order valence-electron chi connectivity index (χ0n) is 14.4. The summed E-state index contributed by atoms with van der Waals surface area (Å²) in [5.74, 6) is 0.492. The molecule has 0 aliphatic carbocycles. The van der Waals surface area contributed by atoms with E-state index < -0.39 is 0 Å². The van der Waals surface area contributed by atoms with Crippen LogP contribution in [0.5, 0.6) is 5.75 Å². The average Bonchev–Trinajstić information content (AvgIpc) is 3.23. The molecule has 0 fully saturated rings. The number of hydrogen-bond acceptors (Lipinski definition) is 7. The van der Waals surface area contributed by atoms with Gasteiger partial charge in [-0.05, 0) is 35.8 Å². The molecule has 6 nitrogen and oxygen atoms in total. The van der Waals surface area contributed by atoms with Crippen molar-refractivity contribution in [2.75, 3.05) is 12.4 Å². The molecule has 1 amide bonds. The van der Waals surface area contributed by atoms with E-state index in [9.17, 15) is 4.79 Å². The second-order valence-electron chi connectivity index (χ2n) is 6.42. The van der Waals surface area contributed by atoms with Crippen molar-refractivity contribution in [3.63, 3.8) is 0 Å². The summed E-state index contributed by atoms with van der Waals surface area (Å²) in [5, 5.41) is 9.48. The summed E-state index contributed by atoms with van der Waals surface area (Å²) >= 11 is 2.48. The third kappa shape index (κ3) is 3.85. The number of nitrogens with zero attached hydrogens (tertiary/aromatic N) is 3. The zero-order valence-corrected chi connectivity index (χ0v) is 16.0. The van der Waals surface area contributed by atoms with Gasteiger partial charge in [0.1, 0.15) is 16.3 Å². The van der Waals surface area contributed by atoms with Gasteiger partial charge in [-0.3, -0.25) is 10.1 Å². The van der Waals surface area contributed by atoms with Crippen LogP contribution in [-0.2, 0) is 5.41 Å². The maximum absolute atomic E-state index is 12.6. The Morgan fingerprint density at radius 3 is 2.52 bits per heavy atom. The highest BCUT2D eigenvalue weighted by atomic mass is 32.1. The number of methoxy groups -OCH3 is 1.